The molecule has 4 nitrogen and oxygen atoms in total. The quantitative estimate of drug-likeness (QED) is 0.695. The van der Waals surface area contributed by atoms with Crippen LogP contribution in [-0.4, -0.2) is 24.0 Å². The van der Waals surface area contributed by atoms with Gasteiger partial charge in [0.2, 0.25) is 0 Å². The molecule has 0 aliphatic carbocycles. The van der Waals surface area contributed by atoms with Gasteiger partial charge in [-0.1, -0.05) is 18.2 Å². The number of rotatable bonds is 6. The number of hydrogen-bond acceptors (Lipinski definition) is 3. The van der Waals surface area contributed by atoms with Crippen LogP contribution in [-0.2, 0) is 0 Å². The van der Waals surface area contributed by atoms with Crippen LogP contribution in [0.5, 0.6) is 5.75 Å². The van der Waals surface area contributed by atoms with Crippen LogP contribution >= 0.6 is 0 Å². The molecule has 0 bridgehead atoms. The molecule has 0 saturated heterocycles. The molecule has 0 atom stereocenters. The highest BCUT2D eigenvalue weighted by atomic mass is 19.1. The molecule has 25 heavy (non-hydrogen) atoms. The Bertz CT molecular complexity index is 874. The van der Waals surface area contributed by atoms with Gasteiger partial charge < -0.3 is 10.1 Å². The Kier molecular flexibility index (Phi) is 5.18. The van der Waals surface area contributed by atoms with Crippen molar-refractivity contribution in [1.29, 1.82) is 0 Å². The van der Waals surface area contributed by atoms with Crippen molar-refractivity contribution in [3.8, 4) is 5.75 Å². The second-order valence-corrected chi connectivity index (χ2v) is 5.45. The zero-order chi connectivity index (χ0) is 17.6. The van der Waals surface area contributed by atoms with Gasteiger partial charge in [0.05, 0.1) is 6.61 Å². The highest BCUT2D eigenvalue weighted by Crippen LogP contribution is 2.22. The van der Waals surface area contributed by atoms with E-state index in [1.807, 2.05) is 30.3 Å². The number of nitrogens with zero attached hydrogens (tertiary/aromatic N) is 1. The first-order valence-corrected chi connectivity index (χ1v) is 7.84. The lowest BCUT2D eigenvalue weighted by atomic mass is 10.2. The maximum absolute atomic E-state index is 13.1. The van der Waals surface area contributed by atoms with Crippen LogP contribution in [0.4, 0.5) is 8.78 Å². The third-order valence-electron chi connectivity index (χ3n) is 3.58. The predicted octanol–water partition coefficient (Wildman–Crippen LogP) is 3.71. The number of aromatic nitrogens is 1. The van der Waals surface area contributed by atoms with Crippen LogP contribution in [0.15, 0.2) is 54.7 Å². The van der Waals surface area contributed by atoms with E-state index in [0.717, 1.165) is 29.1 Å². The summed E-state index contributed by atoms with van der Waals surface area (Å²) in [5.74, 6) is -1.41. The van der Waals surface area contributed by atoms with Crippen molar-refractivity contribution in [3.63, 3.8) is 0 Å². The molecule has 2 aromatic carbocycles. The van der Waals surface area contributed by atoms with Gasteiger partial charge in [-0.25, -0.2) is 8.78 Å². The molecule has 0 aliphatic heterocycles. The smallest absolute Gasteiger partial charge is 0.251 e. The van der Waals surface area contributed by atoms with Gasteiger partial charge in [-0.3, -0.25) is 9.78 Å². The second kappa shape index (κ2) is 7.70. The third kappa shape index (κ3) is 4.29. The molecule has 0 saturated carbocycles. The van der Waals surface area contributed by atoms with Crippen molar-refractivity contribution in [1.82, 2.24) is 10.3 Å². The van der Waals surface area contributed by atoms with Gasteiger partial charge >= 0.3 is 0 Å². The van der Waals surface area contributed by atoms with Crippen molar-refractivity contribution in [2.75, 3.05) is 13.2 Å². The maximum Gasteiger partial charge on any atom is 0.251 e. The molecule has 0 spiro atoms. The van der Waals surface area contributed by atoms with Crippen LogP contribution in [0.2, 0.25) is 0 Å². The summed E-state index contributed by atoms with van der Waals surface area (Å²) in [4.78, 5) is 16.2. The number of fused-ring (bicyclic) bond motifs is 1. The molecule has 128 valence electrons. The van der Waals surface area contributed by atoms with E-state index in [1.54, 1.807) is 6.20 Å². The molecule has 1 heterocycles. The molecule has 3 aromatic rings. The zero-order valence-corrected chi connectivity index (χ0v) is 13.3. The molecule has 6 heteroatoms. The van der Waals surface area contributed by atoms with Gasteiger partial charge in [-0.05, 0) is 30.7 Å². The molecular weight excluding hydrogens is 326 g/mol. The van der Waals surface area contributed by atoms with Gasteiger partial charge in [0.15, 0.2) is 0 Å². The average molecular weight is 342 g/mol. The van der Waals surface area contributed by atoms with E-state index in [-0.39, 0.29) is 5.56 Å². The minimum atomic E-state index is -0.781. The number of ether oxygens (including phenoxy) is 1. The molecule has 1 amide bonds. The van der Waals surface area contributed by atoms with Crippen molar-refractivity contribution >= 4 is 16.8 Å². The van der Waals surface area contributed by atoms with Gasteiger partial charge in [0.1, 0.15) is 22.9 Å². The fourth-order valence-corrected chi connectivity index (χ4v) is 2.44. The highest BCUT2D eigenvalue weighted by Gasteiger charge is 2.08. The van der Waals surface area contributed by atoms with Gasteiger partial charge in [-0.2, -0.15) is 0 Å². The van der Waals surface area contributed by atoms with Crippen molar-refractivity contribution < 1.29 is 18.3 Å². The lowest BCUT2D eigenvalue weighted by molar-refractivity contribution is 0.0950. The fraction of sp³-hybridized carbons (Fsp3) is 0.158. The van der Waals surface area contributed by atoms with E-state index < -0.39 is 17.5 Å². The van der Waals surface area contributed by atoms with Crippen LogP contribution in [0, 0.1) is 11.6 Å². The van der Waals surface area contributed by atoms with E-state index in [2.05, 4.69) is 10.3 Å². The number of para-hydroxylation sites is 1. The largest absolute Gasteiger partial charge is 0.491 e. The van der Waals surface area contributed by atoms with E-state index in [9.17, 15) is 13.6 Å². The number of carbonyl (C=O) groups is 1. The number of carbonyl (C=O) groups excluding carboxylic acids is 1. The first kappa shape index (κ1) is 16.8. The Labute approximate surface area is 143 Å². The molecule has 0 aliphatic rings. The Hall–Kier alpha value is -3.02. The number of halogens is 2. The summed E-state index contributed by atoms with van der Waals surface area (Å²) in [6.45, 7) is 0.711. The summed E-state index contributed by atoms with van der Waals surface area (Å²) in [5, 5.41) is 3.60. The Morgan fingerprint density at radius 2 is 1.84 bits per heavy atom. The Morgan fingerprint density at radius 3 is 2.64 bits per heavy atom. The first-order valence-electron chi connectivity index (χ1n) is 7.84. The monoisotopic (exact) mass is 342 g/mol. The number of hydrogen-bond donors (Lipinski definition) is 1. The molecule has 0 fully saturated rings. The number of pyridine rings is 1. The minimum Gasteiger partial charge on any atom is -0.491 e. The first-order chi connectivity index (χ1) is 12.1. The molecule has 1 N–H and O–H groups in total. The number of amides is 1. The highest BCUT2D eigenvalue weighted by molar-refractivity contribution is 5.94. The third-order valence-corrected chi connectivity index (χ3v) is 3.58. The van der Waals surface area contributed by atoms with E-state index in [4.69, 9.17) is 4.74 Å². The average Bonchev–Trinajstić information content (AvgIpc) is 2.60. The summed E-state index contributed by atoms with van der Waals surface area (Å²) in [6.07, 6.45) is 2.25. The molecule has 0 unspecified atom stereocenters. The van der Waals surface area contributed by atoms with Crippen LogP contribution in [0.25, 0.3) is 10.9 Å². The predicted molar refractivity (Wildman–Crippen MR) is 90.5 cm³/mol. The summed E-state index contributed by atoms with van der Waals surface area (Å²) in [7, 11) is 0. The van der Waals surface area contributed by atoms with Crippen LogP contribution in [0.1, 0.15) is 16.8 Å². The lowest BCUT2D eigenvalue weighted by Gasteiger charge is -2.09. The molecule has 0 radical (unpaired) electrons. The maximum atomic E-state index is 13.1. The normalized spacial score (nSPS) is 10.6. The minimum absolute atomic E-state index is 0.0447. The topological polar surface area (TPSA) is 51.2 Å². The number of nitrogens with one attached hydrogen (secondary N) is 1. The van der Waals surface area contributed by atoms with Gasteiger partial charge in [-0.15, -0.1) is 0 Å². The molecular formula is C19H16F2N2O2. The Balaban J connectivity index is 1.49. The van der Waals surface area contributed by atoms with E-state index in [0.29, 0.717) is 25.3 Å². The number of benzene rings is 2. The summed E-state index contributed by atoms with van der Waals surface area (Å²) in [5.41, 5.74) is 0.737. The Morgan fingerprint density at radius 1 is 1.08 bits per heavy atom. The summed E-state index contributed by atoms with van der Waals surface area (Å²) >= 11 is 0. The SMILES string of the molecule is O=C(NCCCOc1cccc2cccnc12)c1cc(F)cc(F)c1. The van der Waals surface area contributed by atoms with Crippen LogP contribution < -0.4 is 10.1 Å². The molecule has 3 rings (SSSR count). The van der Waals surface area contributed by atoms with E-state index >= 15 is 0 Å². The van der Waals surface area contributed by atoms with Gasteiger partial charge in [0.25, 0.3) is 5.91 Å². The van der Waals surface area contributed by atoms with Crippen molar-refractivity contribution in [2.45, 2.75) is 6.42 Å². The van der Waals surface area contributed by atoms with Crippen LogP contribution in [0.3, 0.4) is 0 Å². The van der Waals surface area contributed by atoms with Crippen molar-refractivity contribution in [3.05, 3.63) is 71.9 Å². The van der Waals surface area contributed by atoms with Gasteiger partial charge in [0, 0.05) is 29.8 Å². The lowest BCUT2D eigenvalue weighted by Crippen LogP contribution is -2.25. The fourth-order valence-electron chi connectivity index (χ4n) is 2.44. The van der Waals surface area contributed by atoms with Crippen molar-refractivity contribution in [2.24, 2.45) is 0 Å². The summed E-state index contributed by atoms with van der Waals surface area (Å²) < 4.78 is 31.9. The zero-order valence-electron chi connectivity index (χ0n) is 13.3. The second-order valence-electron chi connectivity index (χ2n) is 5.45. The standard InChI is InChI=1S/C19H16F2N2O2/c20-15-10-14(11-16(21)12-15)19(24)23-8-3-9-25-17-6-1-4-13-5-2-7-22-18(13)17/h1-2,4-7,10-12H,3,8-9H2,(H,23,24). The summed E-state index contributed by atoms with van der Waals surface area (Å²) in [6, 6.07) is 12.2. The molecule has 1 aromatic heterocycles. The van der Waals surface area contributed by atoms with E-state index in [1.165, 1.54) is 0 Å².